The number of thiocarbonyl (C=S) groups is 1. The predicted octanol–water partition coefficient (Wildman–Crippen LogP) is 5.70. The molecule has 1 heterocycles. The van der Waals surface area contributed by atoms with Crippen LogP contribution in [-0.2, 0) is 9.59 Å². The minimum atomic E-state index is -1.86. The number of halogens is 3. The summed E-state index contributed by atoms with van der Waals surface area (Å²) in [6.07, 6.45) is 0.564. The summed E-state index contributed by atoms with van der Waals surface area (Å²) in [5, 5.41) is 2.44. The molecule has 1 atom stereocenters. The highest BCUT2D eigenvalue weighted by molar-refractivity contribution is 8.27. The van der Waals surface area contributed by atoms with Crippen LogP contribution in [0.5, 0.6) is 11.5 Å². The van der Waals surface area contributed by atoms with Gasteiger partial charge in [-0.2, -0.15) is 0 Å². The number of ether oxygens (including phenoxy) is 2. The average molecular weight is 546 g/mol. The maximum atomic E-state index is 13.0. The van der Waals surface area contributed by atoms with Crippen LogP contribution in [0.15, 0.2) is 53.4 Å². The number of alkyl halides is 3. The number of hydrogen-bond acceptors (Lipinski definition) is 6. The molecule has 0 aliphatic carbocycles. The number of rotatable bonds is 7. The second-order valence-corrected chi connectivity index (χ2v) is 10.8. The van der Waals surface area contributed by atoms with Crippen LogP contribution in [0.2, 0.25) is 0 Å². The van der Waals surface area contributed by atoms with Crippen molar-refractivity contribution >= 4 is 86.7 Å². The van der Waals surface area contributed by atoms with Gasteiger partial charge in [-0.15, -0.1) is 0 Å². The number of carbonyl (C=O) groups excluding carboxylic acids is 2. The third-order valence-electron chi connectivity index (χ3n) is 4.26. The molecule has 1 unspecified atom stereocenters. The first-order chi connectivity index (χ1) is 15.6. The summed E-state index contributed by atoms with van der Waals surface area (Å²) in [5.74, 6) is 0.480. The molecule has 0 saturated carbocycles. The number of carbonyl (C=O) groups is 2. The Labute approximate surface area is 216 Å². The zero-order valence-corrected chi connectivity index (χ0v) is 21.4. The molecule has 2 amide bonds. The molecule has 0 bridgehead atoms. The molecule has 3 rings (SSSR count). The molecule has 1 N–H and O–H groups in total. The van der Waals surface area contributed by atoms with Gasteiger partial charge < -0.3 is 14.8 Å². The van der Waals surface area contributed by atoms with E-state index in [4.69, 9.17) is 56.5 Å². The second kappa shape index (κ2) is 11.0. The van der Waals surface area contributed by atoms with Gasteiger partial charge in [-0.1, -0.05) is 70.9 Å². The molecule has 6 nitrogen and oxygen atoms in total. The minimum absolute atomic E-state index is 0.212. The first-order valence-electron chi connectivity index (χ1n) is 9.70. The Morgan fingerprint density at radius 1 is 1.15 bits per heavy atom. The predicted molar refractivity (Wildman–Crippen MR) is 138 cm³/mol. The fourth-order valence-corrected chi connectivity index (χ4v) is 4.44. The fraction of sp³-hybridized carbons (Fsp3) is 0.227. The Hall–Kier alpha value is -1.97. The van der Waals surface area contributed by atoms with Gasteiger partial charge in [0.2, 0.25) is 15.9 Å². The van der Waals surface area contributed by atoms with Gasteiger partial charge >= 0.3 is 0 Å². The lowest BCUT2D eigenvalue weighted by molar-refractivity contribution is -0.121. The Kier molecular flexibility index (Phi) is 8.53. The van der Waals surface area contributed by atoms with Gasteiger partial charge in [-0.05, 0) is 55.0 Å². The highest BCUT2D eigenvalue weighted by atomic mass is 35.6. The van der Waals surface area contributed by atoms with E-state index in [1.54, 1.807) is 54.6 Å². The Morgan fingerprint density at radius 2 is 1.76 bits per heavy atom. The number of thioether (sulfide) groups is 1. The fourth-order valence-electron chi connectivity index (χ4n) is 2.84. The molecule has 2 aromatic carbocycles. The lowest BCUT2D eigenvalue weighted by atomic mass is 10.2. The number of nitrogens with zero attached hydrogens (tertiary/aromatic N) is 1. The van der Waals surface area contributed by atoms with Crippen molar-refractivity contribution in [2.24, 2.45) is 0 Å². The van der Waals surface area contributed by atoms with Crippen LogP contribution in [0.25, 0.3) is 6.08 Å². The molecular weight excluding hydrogens is 527 g/mol. The summed E-state index contributed by atoms with van der Waals surface area (Å²) in [6, 6.07) is 13.9. The molecule has 11 heteroatoms. The van der Waals surface area contributed by atoms with Crippen molar-refractivity contribution < 1.29 is 19.1 Å². The van der Waals surface area contributed by atoms with Crippen LogP contribution in [0.1, 0.15) is 19.4 Å². The van der Waals surface area contributed by atoms with Gasteiger partial charge in [0.15, 0.2) is 4.32 Å². The van der Waals surface area contributed by atoms with E-state index in [1.807, 2.05) is 6.92 Å². The number of benzene rings is 2. The normalized spacial score (nSPS) is 16.2. The minimum Gasteiger partial charge on any atom is -0.494 e. The van der Waals surface area contributed by atoms with Crippen LogP contribution in [0.4, 0.5) is 5.69 Å². The maximum absolute atomic E-state index is 13.0. The van der Waals surface area contributed by atoms with Gasteiger partial charge in [0.05, 0.1) is 17.2 Å². The van der Waals surface area contributed by atoms with E-state index in [-0.39, 0.29) is 5.91 Å². The molecule has 1 saturated heterocycles. The van der Waals surface area contributed by atoms with E-state index in [9.17, 15) is 9.59 Å². The number of hydrogen-bond donors (Lipinski definition) is 1. The van der Waals surface area contributed by atoms with Crippen molar-refractivity contribution in [3.8, 4) is 11.5 Å². The third kappa shape index (κ3) is 6.77. The van der Waals surface area contributed by atoms with E-state index in [0.29, 0.717) is 27.3 Å². The molecule has 174 valence electrons. The van der Waals surface area contributed by atoms with E-state index < -0.39 is 15.9 Å². The van der Waals surface area contributed by atoms with Crippen LogP contribution in [-0.4, -0.2) is 32.8 Å². The number of nitrogens with one attached hydrogen (secondary N) is 1. The van der Waals surface area contributed by atoms with E-state index >= 15 is 0 Å². The average Bonchev–Trinajstić information content (AvgIpc) is 3.02. The molecule has 2 aromatic rings. The summed E-state index contributed by atoms with van der Waals surface area (Å²) < 4.78 is 9.62. The zero-order valence-electron chi connectivity index (χ0n) is 17.5. The van der Waals surface area contributed by atoms with Gasteiger partial charge in [-0.3, -0.25) is 14.5 Å². The molecule has 0 spiro atoms. The van der Waals surface area contributed by atoms with Crippen LogP contribution in [0.3, 0.4) is 0 Å². The standard InChI is InChI=1S/C22H19Cl3N2O4S2/c1-3-30-16-10-6-15(7-11-16)27-19(29)18(33-21(27)32)12-14-4-8-17(9-5-14)31-20(22(23,24)25)26-13(2)28/h4-12,20H,3H2,1-2H3,(H,26,28)/b18-12+. The summed E-state index contributed by atoms with van der Waals surface area (Å²) in [7, 11) is 0. The summed E-state index contributed by atoms with van der Waals surface area (Å²) >= 11 is 24.3. The highest BCUT2D eigenvalue weighted by Crippen LogP contribution is 2.37. The molecule has 1 aliphatic heterocycles. The largest absolute Gasteiger partial charge is 0.494 e. The molecule has 0 aromatic heterocycles. The lowest BCUT2D eigenvalue weighted by Crippen LogP contribution is -2.47. The third-order valence-corrected chi connectivity index (χ3v) is 6.16. The van der Waals surface area contributed by atoms with Gasteiger partial charge in [0.1, 0.15) is 11.5 Å². The van der Waals surface area contributed by atoms with E-state index in [0.717, 1.165) is 11.3 Å². The first kappa shape index (κ1) is 25.6. The second-order valence-electron chi connectivity index (χ2n) is 6.75. The summed E-state index contributed by atoms with van der Waals surface area (Å²) in [6.45, 7) is 3.76. The van der Waals surface area contributed by atoms with Gasteiger partial charge in [-0.25, -0.2) is 0 Å². The molecule has 33 heavy (non-hydrogen) atoms. The summed E-state index contributed by atoms with van der Waals surface area (Å²) in [4.78, 5) is 26.3. The van der Waals surface area contributed by atoms with Crippen LogP contribution in [0, 0.1) is 0 Å². The van der Waals surface area contributed by atoms with E-state index in [1.165, 1.54) is 23.6 Å². The first-order valence-corrected chi connectivity index (χ1v) is 12.1. The van der Waals surface area contributed by atoms with Gasteiger partial charge in [0, 0.05) is 6.92 Å². The topological polar surface area (TPSA) is 67.9 Å². The van der Waals surface area contributed by atoms with E-state index in [2.05, 4.69) is 5.32 Å². The van der Waals surface area contributed by atoms with Crippen molar-refractivity contribution in [3.05, 3.63) is 59.0 Å². The van der Waals surface area contributed by atoms with Crippen molar-refractivity contribution in [3.63, 3.8) is 0 Å². The molecule has 1 aliphatic rings. The number of anilines is 1. The Balaban J connectivity index is 1.73. The highest BCUT2D eigenvalue weighted by Gasteiger charge is 2.36. The zero-order chi connectivity index (χ0) is 24.2. The van der Waals surface area contributed by atoms with Gasteiger partial charge in [0.25, 0.3) is 5.91 Å². The van der Waals surface area contributed by atoms with Crippen LogP contribution < -0.4 is 19.7 Å². The summed E-state index contributed by atoms with van der Waals surface area (Å²) in [5.41, 5.74) is 1.42. The van der Waals surface area contributed by atoms with Crippen molar-refractivity contribution in [1.82, 2.24) is 5.32 Å². The molecule has 1 fully saturated rings. The number of amides is 2. The smallest absolute Gasteiger partial charge is 0.270 e. The Morgan fingerprint density at radius 3 is 2.30 bits per heavy atom. The van der Waals surface area contributed by atoms with Crippen molar-refractivity contribution in [2.75, 3.05) is 11.5 Å². The van der Waals surface area contributed by atoms with Crippen LogP contribution >= 0.6 is 58.8 Å². The lowest BCUT2D eigenvalue weighted by Gasteiger charge is -2.25. The maximum Gasteiger partial charge on any atom is 0.270 e. The quantitative estimate of drug-likeness (QED) is 0.208. The van der Waals surface area contributed by atoms with Crippen molar-refractivity contribution in [1.29, 1.82) is 0 Å². The molecular formula is C22H19Cl3N2O4S2. The molecule has 0 radical (unpaired) electrons. The monoisotopic (exact) mass is 544 g/mol. The van der Waals surface area contributed by atoms with Crippen molar-refractivity contribution in [2.45, 2.75) is 23.9 Å². The Bertz CT molecular complexity index is 1070. The SMILES string of the molecule is CCOc1ccc(N2C(=O)/C(=C\c3ccc(OC(NC(C)=O)C(Cl)(Cl)Cl)cc3)SC2=S)cc1.